The largest absolute Gasteiger partial charge is 0.495 e. The van der Waals surface area contributed by atoms with Crippen LogP contribution in [0.25, 0.3) is 0 Å². The molecule has 0 aliphatic heterocycles. The third-order valence-electron chi connectivity index (χ3n) is 3.00. The van der Waals surface area contributed by atoms with Crippen molar-refractivity contribution in [1.82, 2.24) is 10.3 Å². The Morgan fingerprint density at radius 1 is 1.50 bits per heavy atom. The maximum Gasteiger partial charge on any atom is 0.141 e. The molecule has 1 aromatic rings. The number of rotatable bonds is 6. The molecule has 90 valence electrons. The Bertz CT molecular complexity index is 315. The number of pyridine rings is 1. The normalized spacial score (nSPS) is 14.5. The van der Waals surface area contributed by atoms with Crippen LogP contribution in [0.5, 0.6) is 5.75 Å². The van der Waals surface area contributed by atoms with Crippen LogP contribution in [0.1, 0.15) is 38.3 Å². The minimum absolute atomic E-state index is 0.331. The summed E-state index contributed by atoms with van der Waals surface area (Å²) in [6.07, 6.45) is 6.00. The molecule has 0 aliphatic rings. The van der Waals surface area contributed by atoms with Crippen LogP contribution in [0.4, 0.5) is 0 Å². The fourth-order valence-electron chi connectivity index (χ4n) is 2.19. The molecule has 1 aromatic heterocycles. The molecule has 0 aromatic carbocycles. The molecule has 2 unspecified atom stereocenters. The topological polar surface area (TPSA) is 34.2 Å². The van der Waals surface area contributed by atoms with Gasteiger partial charge in [0.25, 0.3) is 0 Å². The third-order valence-corrected chi connectivity index (χ3v) is 3.00. The van der Waals surface area contributed by atoms with Crippen molar-refractivity contribution in [2.75, 3.05) is 14.2 Å². The molecule has 3 heteroatoms. The first-order valence-electron chi connectivity index (χ1n) is 5.89. The summed E-state index contributed by atoms with van der Waals surface area (Å²) in [5.41, 5.74) is 1.20. The van der Waals surface area contributed by atoms with Crippen molar-refractivity contribution in [2.45, 2.75) is 32.7 Å². The van der Waals surface area contributed by atoms with Crippen LogP contribution in [-0.2, 0) is 0 Å². The molecule has 0 saturated carbocycles. The summed E-state index contributed by atoms with van der Waals surface area (Å²) in [6, 6.07) is 2.37. The minimum Gasteiger partial charge on any atom is -0.495 e. The van der Waals surface area contributed by atoms with Gasteiger partial charge in [0.05, 0.1) is 13.3 Å². The predicted octanol–water partition coefficient (Wildman–Crippen LogP) is 2.79. The Balaban J connectivity index is 2.93. The maximum absolute atomic E-state index is 5.35. The molecule has 2 atom stereocenters. The van der Waals surface area contributed by atoms with Crippen molar-refractivity contribution in [2.24, 2.45) is 5.92 Å². The van der Waals surface area contributed by atoms with Gasteiger partial charge in [0.15, 0.2) is 0 Å². The fourth-order valence-corrected chi connectivity index (χ4v) is 2.19. The van der Waals surface area contributed by atoms with E-state index in [1.807, 2.05) is 19.3 Å². The lowest BCUT2D eigenvalue weighted by molar-refractivity contribution is 0.355. The molecular formula is C13H22N2O. The van der Waals surface area contributed by atoms with Gasteiger partial charge in [0.2, 0.25) is 0 Å². The zero-order valence-corrected chi connectivity index (χ0v) is 10.7. The van der Waals surface area contributed by atoms with E-state index in [1.54, 1.807) is 13.3 Å². The Morgan fingerprint density at radius 2 is 2.25 bits per heavy atom. The second kappa shape index (κ2) is 6.48. The predicted molar refractivity (Wildman–Crippen MR) is 66.7 cm³/mol. The molecule has 0 saturated heterocycles. The summed E-state index contributed by atoms with van der Waals surface area (Å²) in [5, 5.41) is 3.37. The maximum atomic E-state index is 5.35. The molecule has 0 bridgehead atoms. The van der Waals surface area contributed by atoms with Gasteiger partial charge in [-0.2, -0.15) is 0 Å². The van der Waals surface area contributed by atoms with Crippen molar-refractivity contribution < 1.29 is 4.74 Å². The standard InChI is InChI=1S/C13H22N2O/c1-5-6-10(2)13(14-3)11-7-8-15-9-12(11)16-4/h7-10,13-14H,5-6H2,1-4H3. The average molecular weight is 222 g/mol. The van der Waals surface area contributed by atoms with Crippen LogP contribution in [-0.4, -0.2) is 19.1 Å². The van der Waals surface area contributed by atoms with Crippen molar-refractivity contribution in [3.05, 3.63) is 24.0 Å². The van der Waals surface area contributed by atoms with Crippen LogP contribution in [0.3, 0.4) is 0 Å². The first kappa shape index (κ1) is 13.0. The van der Waals surface area contributed by atoms with Crippen molar-refractivity contribution in [1.29, 1.82) is 0 Å². The molecule has 0 spiro atoms. The SMILES string of the molecule is CCCC(C)C(NC)c1ccncc1OC. The van der Waals surface area contributed by atoms with Gasteiger partial charge in [0, 0.05) is 17.8 Å². The number of ether oxygens (including phenoxy) is 1. The lowest BCUT2D eigenvalue weighted by atomic mass is 9.91. The summed E-state index contributed by atoms with van der Waals surface area (Å²) < 4.78 is 5.35. The number of hydrogen-bond acceptors (Lipinski definition) is 3. The number of methoxy groups -OCH3 is 1. The van der Waals surface area contributed by atoms with E-state index in [4.69, 9.17) is 4.74 Å². The van der Waals surface area contributed by atoms with Crippen molar-refractivity contribution >= 4 is 0 Å². The van der Waals surface area contributed by atoms with Gasteiger partial charge in [-0.3, -0.25) is 4.98 Å². The van der Waals surface area contributed by atoms with E-state index in [0.29, 0.717) is 12.0 Å². The van der Waals surface area contributed by atoms with Gasteiger partial charge in [0.1, 0.15) is 5.75 Å². The zero-order chi connectivity index (χ0) is 12.0. The molecule has 1 rings (SSSR count). The second-order valence-electron chi connectivity index (χ2n) is 4.15. The van der Waals surface area contributed by atoms with E-state index in [1.165, 1.54) is 18.4 Å². The van der Waals surface area contributed by atoms with Crippen molar-refractivity contribution in [3.8, 4) is 5.75 Å². The van der Waals surface area contributed by atoms with Gasteiger partial charge in [-0.25, -0.2) is 0 Å². The number of aromatic nitrogens is 1. The van der Waals surface area contributed by atoms with E-state index >= 15 is 0 Å². The molecule has 1 N–H and O–H groups in total. The number of nitrogens with one attached hydrogen (secondary N) is 1. The van der Waals surface area contributed by atoms with Crippen molar-refractivity contribution in [3.63, 3.8) is 0 Å². The highest BCUT2D eigenvalue weighted by molar-refractivity contribution is 5.33. The second-order valence-corrected chi connectivity index (χ2v) is 4.15. The lowest BCUT2D eigenvalue weighted by Crippen LogP contribution is -2.24. The molecule has 16 heavy (non-hydrogen) atoms. The lowest BCUT2D eigenvalue weighted by Gasteiger charge is -2.25. The molecule has 1 heterocycles. The highest BCUT2D eigenvalue weighted by Crippen LogP contribution is 2.30. The third kappa shape index (κ3) is 2.95. The monoisotopic (exact) mass is 222 g/mol. The van der Waals surface area contributed by atoms with E-state index in [0.717, 1.165) is 5.75 Å². The average Bonchev–Trinajstić information content (AvgIpc) is 2.31. The Morgan fingerprint density at radius 3 is 2.81 bits per heavy atom. The highest BCUT2D eigenvalue weighted by Gasteiger charge is 2.20. The summed E-state index contributed by atoms with van der Waals surface area (Å²) >= 11 is 0. The summed E-state index contributed by atoms with van der Waals surface area (Å²) in [5.74, 6) is 1.45. The van der Waals surface area contributed by atoms with Gasteiger partial charge in [-0.15, -0.1) is 0 Å². The Kier molecular flexibility index (Phi) is 5.26. The summed E-state index contributed by atoms with van der Waals surface area (Å²) in [7, 11) is 3.69. The van der Waals surface area contributed by atoms with Gasteiger partial charge in [-0.05, 0) is 25.5 Å². The van der Waals surface area contributed by atoms with E-state index in [2.05, 4.69) is 24.1 Å². The molecule has 0 radical (unpaired) electrons. The first-order valence-corrected chi connectivity index (χ1v) is 5.89. The van der Waals surface area contributed by atoms with Gasteiger partial charge < -0.3 is 10.1 Å². The molecular weight excluding hydrogens is 200 g/mol. The Labute approximate surface area is 98.2 Å². The van der Waals surface area contributed by atoms with Crippen LogP contribution >= 0.6 is 0 Å². The number of nitrogens with zero attached hydrogens (tertiary/aromatic N) is 1. The smallest absolute Gasteiger partial charge is 0.141 e. The van der Waals surface area contributed by atoms with Gasteiger partial charge in [-0.1, -0.05) is 20.3 Å². The quantitative estimate of drug-likeness (QED) is 0.803. The summed E-state index contributed by atoms with van der Waals surface area (Å²) in [4.78, 5) is 4.09. The molecule has 0 aliphatic carbocycles. The van der Waals surface area contributed by atoms with E-state index < -0.39 is 0 Å². The van der Waals surface area contributed by atoms with Crippen LogP contribution < -0.4 is 10.1 Å². The van der Waals surface area contributed by atoms with Gasteiger partial charge >= 0.3 is 0 Å². The summed E-state index contributed by atoms with van der Waals surface area (Å²) in [6.45, 7) is 4.48. The van der Waals surface area contributed by atoms with Crippen LogP contribution in [0.15, 0.2) is 18.5 Å². The van der Waals surface area contributed by atoms with E-state index in [9.17, 15) is 0 Å². The molecule has 0 amide bonds. The zero-order valence-electron chi connectivity index (χ0n) is 10.7. The number of hydrogen-bond donors (Lipinski definition) is 1. The van der Waals surface area contributed by atoms with Crippen LogP contribution in [0, 0.1) is 5.92 Å². The Hall–Kier alpha value is -1.09. The van der Waals surface area contributed by atoms with E-state index in [-0.39, 0.29) is 0 Å². The molecule has 0 fully saturated rings. The molecule has 3 nitrogen and oxygen atoms in total. The minimum atomic E-state index is 0.331. The van der Waals surface area contributed by atoms with Crippen LogP contribution in [0.2, 0.25) is 0 Å². The first-order chi connectivity index (χ1) is 7.74. The fraction of sp³-hybridized carbons (Fsp3) is 0.615. The highest BCUT2D eigenvalue weighted by atomic mass is 16.5.